The van der Waals surface area contributed by atoms with Gasteiger partial charge in [0.1, 0.15) is 0 Å². The maximum Gasteiger partial charge on any atom is 0.164 e. The quantitative estimate of drug-likeness (QED) is 0.193. The van der Waals surface area contributed by atoms with Gasteiger partial charge in [-0.3, -0.25) is 0 Å². The summed E-state index contributed by atoms with van der Waals surface area (Å²) in [5.74, 6) is 1.96. The van der Waals surface area contributed by atoms with Crippen LogP contribution in [0.4, 0.5) is 0 Å². The molecule has 0 aliphatic rings. The minimum absolute atomic E-state index is 0.648. The first kappa shape index (κ1) is 26.2. The fourth-order valence-electron chi connectivity index (χ4n) is 6.68. The summed E-state index contributed by atoms with van der Waals surface area (Å²) in [6.45, 7) is 0. The molecule has 1 heterocycles. The van der Waals surface area contributed by atoms with Gasteiger partial charge in [0, 0.05) is 16.7 Å². The Morgan fingerprint density at radius 2 is 0.848 bits per heavy atom. The molecule has 0 atom stereocenters. The molecule has 0 saturated carbocycles. The second kappa shape index (κ2) is 10.8. The highest BCUT2D eigenvalue weighted by atomic mass is 15.0. The summed E-state index contributed by atoms with van der Waals surface area (Å²) in [4.78, 5) is 15.4. The fourth-order valence-corrected chi connectivity index (χ4v) is 6.68. The summed E-state index contributed by atoms with van der Waals surface area (Å²) in [6, 6.07) is 57.5. The van der Waals surface area contributed by atoms with E-state index in [1.807, 2.05) is 24.3 Å². The Morgan fingerprint density at radius 3 is 1.65 bits per heavy atom. The lowest BCUT2D eigenvalue weighted by molar-refractivity contribution is 1.08. The van der Waals surface area contributed by atoms with Crippen molar-refractivity contribution in [2.24, 2.45) is 0 Å². The second-order valence-electron chi connectivity index (χ2n) is 11.6. The van der Waals surface area contributed by atoms with Gasteiger partial charge < -0.3 is 0 Å². The molecule has 9 rings (SSSR count). The summed E-state index contributed by atoms with van der Waals surface area (Å²) in [5, 5.41) is 9.66. The summed E-state index contributed by atoms with van der Waals surface area (Å²) in [6.07, 6.45) is 0. The standard InChI is InChI=1S/C43H27N3/c1-3-12-28(13-4-1)31-18-11-19-33(26-31)42-44-41(30-15-5-2-6-16-30)45-43(46-42)39-27-32-17-8-10-21-35(32)40-37-23-22-29-14-7-9-20-34(29)36(37)24-25-38(39)40/h1-27H. The Hall–Kier alpha value is -6.19. The molecule has 0 unspecified atom stereocenters. The van der Waals surface area contributed by atoms with Gasteiger partial charge in [-0.1, -0.05) is 152 Å². The van der Waals surface area contributed by atoms with Crippen LogP contribution in [-0.4, -0.2) is 15.0 Å². The van der Waals surface area contributed by atoms with Crippen molar-refractivity contribution in [1.82, 2.24) is 15.0 Å². The van der Waals surface area contributed by atoms with Crippen molar-refractivity contribution in [3.8, 4) is 45.3 Å². The normalized spacial score (nSPS) is 11.5. The molecule has 3 nitrogen and oxygen atoms in total. The van der Waals surface area contributed by atoms with Gasteiger partial charge in [-0.05, 0) is 66.3 Å². The Bertz CT molecular complexity index is 2570. The first-order chi connectivity index (χ1) is 22.8. The first-order valence-electron chi connectivity index (χ1n) is 15.5. The van der Waals surface area contributed by atoms with Gasteiger partial charge in [0.15, 0.2) is 17.5 Å². The van der Waals surface area contributed by atoms with Crippen LogP contribution in [0.3, 0.4) is 0 Å². The van der Waals surface area contributed by atoms with Gasteiger partial charge in [0.2, 0.25) is 0 Å². The lowest BCUT2D eigenvalue weighted by Crippen LogP contribution is -2.01. The molecule has 0 saturated heterocycles. The average molecular weight is 586 g/mol. The van der Waals surface area contributed by atoms with E-state index >= 15 is 0 Å². The maximum atomic E-state index is 5.20. The van der Waals surface area contributed by atoms with Crippen LogP contribution in [0, 0.1) is 0 Å². The average Bonchev–Trinajstić information content (AvgIpc) is 3.14. The predicted molar refractivity (Wildman–Crippen MR) is 192 cm³/mol. The molecule has 1 aromatic heterocycles. The van der Waals surface area contributed by atoms with Gasteiger partial charge in [-0.15, -0.1) is 0 Å². The lowest BCUT2D eigenvalue weighted by atomic mass is 9.91. The van der Waals surface area contributed by atoms with E-state index in [0.717, 1.165) is 38.6 Å². The highest BCUT2D eigenvalue weighted by Crippen LogP contribution is 2.40. The Balaban J connectivity index is 1.34. The zero-order chi connectivity index (χ0) is 30.5. The van der Waals surface area contributed by atoms with Crippen LogP contribution in [0.15, 0.2) is 164 Å². The number of aromatic nitrogens is 3. The molecule has 0 aliphatic heterocycles. The predicted octanol–water partition coefficient (Wildman–Crippen LogP) is 11.2. The molecule has 0 aliphatic carbocycles. The van der Waals surface area contributed by atoms with Crippen molar-refractivity contribution in [2.75, 3.05) is 0 Å². The van der Waals surface area contributed by atoms with Gasteiger partial charge in [-0.2, -0.15) is 0 Å². The van der Waals surface area contributed by atoms with E-state index in [4.69, 9.17) is 15.0 Å². The van der Waals surface area contributed by atoms with Gasteiger partial charge >= 0.3 is 0 Å². The van der Waals surface area contributed by atoms with Crippen molar-refractivity contribution in [3.63, 3.8) is 0 Å². The van der Waals surface area contributed by atoms with Crippen LogP contribution >= 0.6 is 0 Å². The molecule has 0 radical (unpaired) electrons. The molecule has 3 heteroatoms. The van der Waals surface area contributed by atoms with Crippen molar-refractivity contribution < 1.29 is 0 Å². The molecule has 0 spiro atoms. The van der Waals surface area contributed by atoms with E-state index in [1.54, 1.807) is 0 Å². The molecule has 46 heavy (non-hydrogen) atoms. The largest absolute Gasteiger partial charge is 0.208 e. The minimum atomic E-state index is 0.648. The number of fused-ring (bicyclic) bond motifs is 7. The zero-order valence-corrected chi connectivity index (χ0v) is 24.9. The summed E-state index contributed by atoms with van der Waals surface area (Å²) >= 11 is 0. The minimum Gasteiger partial charge on any atom is -0.208 e. The van der Waals surface area contributed by atoms with Gasteiger partial charge in [0.05, 0.1) is 0 Å². The molecular formula is C43H27N3. The van der Waals surface area contributed by atoms with Crippen LogP contribution in [-0.2, 0) is 0 Å². The van der Waals surface area contributed by atoms with Crippen LogP contribution in [0.1, 0.15) is 0 Å². The Kier molecular flexibility index (Phi) is 6.14. The van der Waals surface area contributed by atoms with Crippen LogP contribution in [0.2, 0.25) is 0 Å². The molecule has 8 aromatic carbocycles. The van der Waals surface area contributed by atoms with Crippen molar-refractivity contribution in [2.45, 2.75) is 0 Å². The van der Waals surface area contributed by atoms with Crippen LogP contribution < -0.4 is 0 Å². The van der Waals surface area contributed by atoms with E-state index in [1.165, 1.54) is 32.3 Å². The molecular weight excluding hydrogens is 558 g/mol. The van der Waals surface area contributed by atoms with E-state index in [2.05, 4.69) is 140 Å². The maximum absolute atomic E-state index is 5.20. The van der Waals surface area contributed by atoms with Crippen molar-refractivity contribution in [1.29, 1.82) is 0 Å². The van der Waals surface area contributed by atoms with E-state index in [-0.39, 0.29) is 0 Å². The molecule has 0 N–H and O–H groups in total. The monoisotopic (exact) mass is 585 g/mol. The van der Waals surface area contributed by atoms with Crippen LogP contribution in [0.25, 0.3) is 88.4 Å². The van der Waals surface area contributed by atoms with Crippen LogP contribution in [0.5, 0.6) is 0 Å². The summed E-state index contributed by atoms with van der Waals surface area (Å²) in [5.41, 5.74) is 5.17. The fraction of sp³-hybridized carbons (Fsp3) is 0. The molecule has 0 bridgehead atoms. The number of nitrogens with zero attached hydrogens (tertiary/aromatic N) is 3. The molecule has 0 fully saturated rings. The summed E-state index contributed by atoms with van der Waals surface area (Å²) < 4.78 is 0. The highest BCUT2D eigenvalue weighted by Gasteiger charge is 2.18. The second-order valence-corrected chi connectivity index (χ2v) is 11.6. The zero-order valence-electron chi connectivity index (χ0n) is 24.9. The molecule has 9 aromatic rings. The number of benzene rings is 8. The van der Waals surface area contributed by atoms with E-state index in [0.29, 0.717) is 17.5 Å². The van der Waals surface area contributed by atoms with Gasteiger partial charge in [0.25, 0.3) is 0 Å². The lowest BCUT2D eigenvalue weighted by Gasteiger charge is -2.15. The number of rotatable bonds is 4. The Labute approximate surface area is 266 Å². The molecule has 0 amide bonds. The smallest absolute Gasteiger partial charge is 0.164 e. The van der Waals surface area contributed by atoms with Crippen molar-refractivity contribution in [3.05, 3.63) is 164 Å². The van der Waals surface area contributed by atoms with Gasteiger partial charge in [-0.25, -0.2) is 15.0 Å². The third-order valence-corrected chi connectivity index (χ3v) is 8.88. The molecule has 214 valence electrons. The Morgan fingerprint density at radius 1 is 0.283 bits per heavy atom. The third-order valence-electron chi connectivity index (χ3n) is 8.88. The first-order valence-corrected chi connectivity index (χ1v) is 15.5. The third kappa shape index (κ3) is 4.41. The number of hydrogen-bond acceptors (Lipinski definition) is 3. The van der Waals surface area contributed by atoms with E-state index < -0.39 is 0 Å². The van der Waals surface area contributed by atoms with E-state index in [9.17, 15) is 0 Å². The topological polar surface area (TPSA) is 38.7 Å². The van der Waals surface area contributed by atoms with Crippen molar-refractivity contribution >= 4 is 43.1 Å². The summed E-state index contributed by atoms with van der Waals surface area (Å²) in [7, 11) is 0. The number of hydrogen-bond donors (Lipinski definition) is 0. The SMILES string of the molecule is c1ccc(-c2cccc(-c3nc(-c4ccccc4)nc(-c4cc5ccccc5c5c4ccc4c6ccccc6ccc45)n3)c2)cc1. The highest BCUT2D eigenvalue weighted by molar-refractivity contribution is 6.27.